The van der Waals surface area contributed by atoms with E-state index in [0.29, 0.717) is 34.1 Å². The quantitative estimate of drug-likeness (QED) is 0.178. The summed E-state index contributed by atoms with van der Waals surface area (Å²) in [6, 6.07) is 0. The molecule has 0 bridgehead atoms. The summed E-state index contributed by atoms with van der Waals surface area (Å²) in [5.41, 5.74) is 0. The minimum Gasteiger partial charge on any atom is -0.378 e. The van der Waals surface area contributed by atoms with Crippen molar-refractivity contribution in [3.8, 4) is 0 Å². The van der Waals surface area contributed by atoms with Gasteiger partial charge in [-0.25, -0.2) is 19.9 Å². The van der Waals surface area contributed by atoms with Crippen LogP contribution in [-0.2, 0) is 9.47 Å². The van der Waals surface area contributed by atoms with Gasteiger partial charge in [0.15, 0.2) is 0 Å². The molecule has 9 nitrogen and oxygen atoms in total. The lowest BCUT2D eigenvalue weighted by Gasteiger charge is -2.33. The number of nitrogens with zero attached hydrogens (tertiary/aromatic N) is 6. The summed E-state index contributed by atoms with van der Waals surface area (Å²) >= 11 is 11.8. The average Bonchev–Trinajstić information content (AvgIpc) is 4.19. The molecule has 3 aliphatic heterocycles. The van der Waals surface area contributed by atoms with E-state index in [1.54, 1.807) is 24.8 Å². The van der Waals surface area contributed by atoms with Gasteiger partial charge >= 0.3 is 0 Å². The first-order valence-electron chi connectivity index (χ1n) is 23.6. The van der Waals surface area contributed by atoms with Crippen LogP contribution in [0.2, 0.25) is 10.0 Å². The van der Waals surface area contributed by atoms with E-state index in [0.717, 1.165) is 112 Å². The Morgan fingerprint density at radius 3 is 1.38 bits per heavy atom. The molecule has 0 spiro atoms. The predicted molar refractivity (Wildman–Crippen MR) is 238 cm³/mol. The fourth-order valence-corrected chi connectivity index (χ4v) is 11.6. The minimum absolute atomic E-state index is 0.442. The van der Waals surface area contributed by atoms with Crippen LogP contribution in [0.15, 0.2) is 24.8 Å². The molecule has 0 amide bonds. The number of ether oxygens (including phenoxy) is 2. The largest absolute Gasteiger partial charge is 0.378 e. The molecule has 2 unspecified atom stereocenters. The molecule has 8 rings (SSSR count). The monoisotopic (exact) mass is 840 g/mol. The number of hydrogen-bond donors (Lipinski definition) is 1. The summed E-state index contributed by atoms with van der Waals surface area (Å²) in [4.78, 5) is 22.1. The number of nitrogens with one attached hydrogen (secondary N) is 1. The summed E-state index contributed by atoms with van der Waals surface area (Å²) in [6.07, 6.45) is 27.6. The molecule has 6 atom stereocenters. The number of hydrogen-bond acceptors (Lipinski definition) is 9. The smallest absolute Gasteiger partial charge is 0.225 e. The van der Waals surface area contributed by atoms with Gasteiger partial charge in [-0.2, -0.15) is 0 Å². The Bertz CT molecular complexity index is 1360. The Kier molecular flexibility index (Phi) is 16.7. The van der Waals surface area contributed by atoms with Crippen LogP contribution in [0.3, 0.4) is 0 Å². The fraction of sp³-hybridized carbons (Fsp3) is 0.830. The second kappa shape index (κ2) is 21.8. The molecular weight excluding hydrogens is 765 g/mol. The highest BCUT2D eigenvalue weighted by molar-refractivity contribution is 6.30. The van der Waals surface area contributed by atoms with Gasteiger partial charge in [0.05, 0.1) is 47.0 Å². The standard InChI is InChI=1S/C24H38ClN3O.C23H37ClN4O/c1-17(2)23(19-6-4-3-5-7-19)29-13-10-20-14-22(20)18-8-11-28(12-9-18)24-26-15-21(25)16-27-24;1-16(2)22(18-3-8-25-9-4-18)29-12-7-19-13-21(19)17-5-10-28(11-6-17)23-26-14-20(24)15-27-23/h15-20,22-23H,3-14H2,1-2H3;14-19,21-22,25H,3-13H2,1-2H3/t20-,22-,23?;19-,21-,22?/m11/s1. The average molecular weight is 841 g/mol. The molecule has 58 heavy (non-hydrogen) atoms. The minimum atomic E-state index is 0.442. The Hall–Kier alpha value is -1.78. The lowest BCUT2D eigenvalue weighted by molar-refractivity contribution is -0.0308. The Morgan fingerprint density at radius 2 is 0.983 bits per heavy atom. The summed E-state index contributed by atoms with van der Waals surface area (Å²) in [7, 11) is 0. The molecule has 6 aliphatic rings. The second-order valence-corrected chi connectivity index (χ2v) is 20.5. The van der Waals surface area contributed by atoms with Crippen molar-refractivity contribution in [2.45, 2.75) is 136 Å². The van der Waals surface area contributed by atoms with Gasteiger partial charge in [-0.05, 0) is 149 Å². The van der Waals surface area contributed by atoms with Crippen molar-refractivity contribution in [1.82, 2.24) is 25.3 Å². The topological polar surface area (TPSA) is 88.5 Å². The molecule has 324 valence electrons. The summed E-state index contributed by atoms with van der Waals surface area (Å²) in [6.45, 7) is 17.8. The van der Waals surface area contributed by atoms with Crippen LogP contribution in [-0.4, -0.2) is 84.6 Å². The first-order valence-corrected chi connectivity index (χ1v) is 24.4. The van der Waals surface area contributed by atoms with E-state index in [-0.39, 0.29) is 0 Å². The van der Waals surface area contributed by atoms with Crippen molar-refractivity contribution < 1.29 is 9.47 Å². The number of aromatic nitrogens is 4. The highest BCUT2D eigenvalue weighted by atomic mass is 35.5. The molecule has 0 radical (unpaired) electrons. The summed E-state index contributed by atoms with van der Waals surface area (Å²) in [5.74, 6) is 9.85. The third kappa shape index (κ3) is 12.6. The van der Waals surface area contributed by atoms with E-state index in [4.69, 9.17) is 32.7 Å². The van der Waals surface area contributed by atoms with Crippen molar-refractivity contribution in [1.29, 1.82) is 0 Å². The van der Waals surface area contributed by atoms with Crippen LogP contribution in [0.25, 0.3) is 0 Å². The Morgan fingerprint density at radius 1 is 0.586 bits per heavy atom. The highest BCUT2D eigenvalue weighted by Crippen LogP contribution is 2.51. The SMILES string of the molecule is CC(C)C(OCC[C@@H]1C[C@@H]1C1CCN(c2ncc(Cl)cn2)CC1)C1CCCCC1.CC(C)C(OCC[C@@H]1C[C@@H]1C1CCN(c2ncc(Cl)cn2)CC1)C1CCNCC1. The van der Waals surface area contributed by atoms with Crippen LogP contribution in [0, 0.1) is 59.2 Å². The van der Waals surface area contributed by atoms with Crippen LogP contribution < -0.4 is 15.1 Å². The molecule has 3 saturated heterocycles. The molecular formula is C47H75Cl2N7O2. The van der Waals surface area contributed by atoms with E-state index in [2.05, 4.69) is 62.7 Å². The Labute approximate surface area is 360 Å². The first kappa shape index (κ1) is 44.3. The summed E-state index contributed by atoms with van der Waals surface area (Å²) < 4.78 is 12.9. The zero-order valence-electron chi connectivity index (χ0n) is 36.3. The van der Waals surface area contributed by atoms with Gasteiger partial charge in [0.25, 0.3) is 0 Å². The lowest BCUT2D eigenvalue weighted by Crippen LogP contribution is -2.38. The second-order valence-electron chi connectivity index (χ2n) is 19.6. The fourth-order valence-electron chi connectivity index (χ4n) is 11.4. The molecule has 5 heterocycles. The van der Waals surface area contributed by atoms with Crippen molar-refractivity contribution in [2.24, 2.45) is 59.2 Å². The third-order valence-electron chi connectivity index (χ3n) is 14.9. The molecule has 3 aliphatic carbocycles. The molecule has 0 aromatic carbocycles. The highest BCUT2D eigenvalue weighted by Gasteiger charge is 2.44. The molecule has 11 heteroatoms. The maximum Gasteiger partial charge on any atom is 0.225 e. The molecule has 2 aromatic heterocycles. The van der Waals surface area contributed by atoms with Gasteiger partial charge in [0, 0.05) is 39.4 Å². The predicted octanol–water partition coefficient (Wildman–Crippen LogP) is 10.4. The van der Waals surface area contributed by atoms with E-state index < -0.39 is 0 Å². The number of halogens is 2. The normalized spacial score (nSPS) is 27.4. The summed E-state index contributed by atoms with van der Waals surface area (Å²) in [5, 5.41) is 4.69. The zero-order chi connectivity index (χ0) is 40.4. The maximum atomic E-state index is 6.48. The van der Waals surface area contributed by atoms with Gasteiger partial charge in [0.1, 0.15) is 0 Å². The van der Waals surface area contributed by atoms with E-state index >= 15 is 0 Å². The van der Waals surface area contributed by atoms with E-state index in [1.807, 2.05) is 0 Å². The van der Waals surface area contributed by atoms with Crippen molar-refractivity contribution in [2.75, 3.05) is 62.3 Å². The van der Waals surface area contributed by atoms with Gasteiger partial charge in [-0.3, -0.25) is 0 Å². The van der Waals surface area contributed by atoms with Crippen LogP contribution >= 0.6 is 23.2 Å². The van der Waals surface area contributed by atoms with Gasteiger partial charge in [0.2, 0.25) is 11.9 Å². The zero-order valence-corrected chi connectivity index (χ0v) is 37.8. The number of rotatable bonds is 16. The molecule has 6 fully saturated rings. The molecule has 3 saturated carbocycles. The van der Waals surface area contributed by atoms with Gasteiger partial charge in [-0.1, -0.05) is 70.2 Å². The number of anilines is 2. The van der Waals surface area contributed by atoms with Gasteiger partial charge in [-0.15, -0.1) is 0 Å². The van der Waals surface area contributed by atoms with Crippen LogP contribution in [0.1, 0.15) is 124 Å². The van der Waals surface area contributed by atoms with Crippen LogP contribution in [0.5, 0.6) is 0 Å². The van der Waals surface area contributed by atoms with Crippen molar-refractivity contribution >= 4 is 35.1 Å². The lowest BCUT2D eigenvalue weighted by atomic mass is 9.81. The number of piperidine rings is 3. The van der Waals surface area contributed by atoms with E-state index in [9.17, 15) is 0 Å². The van der Waals surface area contributed by atoms with Gasteiger partial charge < -0.3 is 24.6 Å². The van der Waals surface area contributed by atoms with Crippen LogP contribution in [0.4, 0.5) is 11.9 Å². The van der Waals surface area contributed by atoms with E-state index in [1.165, 1.54) is 96.3 Å². The molecule has 2 aromatic rings. The first-order chi connectivity index (χ1) is 28.2. The molecule has 1 N–H and O–H groups in total. The van der Waals surface area contributed by atoms with Crippen molar-refractivity contribution in [3.05, 3.63) is 34.8 Å². The van der Waals surface area contributed by atoms with Crippen molar-refractivity contribution in [3.63, 3.8) is 0 Å². The Balaban J connectivity index is 0.000000177. The maximum absolute atomic E-state index is 6.48. The third-order valence-corrected chi connectivity index (χ3v) is 15.3.